The number of hydrogen-bond acceptors (Lipinski definition) is 4. The number of benzene rings is 3. The van der Waals surface area contributed by atoms with Gasteiger partial charge in [-0.1, -0.05) is 126 Å². The first-order valence-electron chi connectivity index (χ1n) is 17.8. The summed E-state index contributed by atoms with van der Waals surface area (Å²) in [7, 11) is -2.74. The van der Waals surface area contributed by atoms with E-state index in [4.69, 9.17) is 4.43 Å². The van der Waals surface area contributed by atoms with Crippen LogP contribution in [0.25, 0.3) is 0 Å². The molecule has 4 saturated carbocycles. The summed E-state index contributed by atoms with van der Waals surface area (Å²) in [4.78, 5) is 0. The van der Waals surface area contributed by atoms with E-state index < -0.39 is 26.1 Å². The Hall–Kier alpha value is -2.28. The van der Waals surface area contributed by atoms with Crippen LogP contribution in [0.2, 0.25) is 5.04 Å². The molecule has 3 aromatic carbocycles. The molecule has 246 valence electrons. The van der Waals surface area contributed by atoms with Crippen LogP contribution in [0.4, 0.5) is 0 Å². The van der Waals surface area contributed by atoms with Crippen LogP contribution in [0, 0.1) is 34.5 Å². The van der Waals surface area contributed by atoms with Gasteiger partial charge in [0.25, 0.3) is 8.32 Å². The molecule has 1 unspecified atom stereocenters. The molecule has 3 aromatic rings. The van der Waals surface area contributed by atoms with Gasteiger partial charge in [-0.3, -0.25) is 0 Å². The molecule has 4 aliphatic rings. The molecule has 4 aliphatic carbocycles. The Kier molecular flexibility index (Phi) is 8.01. The third-order valence-corrected chi connectivity index (χ3v) is 19.0. The summed E-state index contributed by atoms with van der Waals surface area (Å²) in [5.41, 5.74) is -0.325. The van der Waals surface area contributed by atoms with Gasteiger partial charge in [-0.05, 0) is 95.0 Å². The molecule has 0 spiro atoms. The first-order chi connectivity index (χ1) is 21.9. The zero-order chi connectivity index (χ0) is 32.5. The predicted molar refractivity (Wildman–Crippen MR) is 187 cm³/mol. The molecule has 10 atom stereocenters. The first kappa shape index (κ1) is 32.3. The second-order valence-electron chi connectivity index (χ2n) is 16.8. The Morgan fingerprint density at radius 1 is 0.674 bits per heavy atom. The minimum absolute atomic E-state index is 0.00582. The predicted octanol–water partition coefficient (Wildman–Crippen LogP) is 6.80. The maximum absolute atomic E-state index is 12.3. The zero-order valence-corrected chi connectivity index (χ0v) is 29.4. The molecule has 0 aromatic heterocycles. The van der Waals surface area contributed by atoms with E-state index in [0.29, 0.717) is 12.3 Å². The number of aliphatic hydroxyl groups excluding tert-OH is 2. The van der Waals surface area contributed by atoms with Gasteiger partial charge in [-0.15, -0.1) is 0 Å². The number of rotatable bonds is 5. The Balaban J connectivity index is 1.20. The molecule has 0 bridgehead atoms. The van der Waals surface area contributed by atoms with Crippen molar-refractivity contribution in [3.63, 3.8) is 0 Å². The Bertz CT molecular complexity index is 1470. The van der Waals surface area contributed by atoms with Crippen molar-refractivity contribution in [3.8, 4) is 0 Å². The van der Waals surface area contributed by atoms with E-state index in [-0.39, 0.29) is 39.7 Å². The molecule has 3 N–H and O–H groups in total. The number of hydrogen-bond donors (Lipinski definition) is 3. The van der Waals surface area contributed by atoms with Crippen molar-refractivity contribution >= 4 is 18.7 Å². The van der Waals surface area contributed by atoms with E-state index in [2.05, 4.69) is 107 Å². The molecule has 0 heterocycles. The summed E-state index contributed by atoms with van der Waals surface area (Å²) in [5, 5.41) is 38.9. The lowest BCUT2D eigenvalue weighted by Crippen LogP contribution is -2.69. The van der Waals surface area contributed by atoms with Crippen LogP contribution >= 0.6 is 0 Å². The highest BCUT2D eigenvalue weighted by Gasteiger charge is 2.68. The average Bonchev–Trinajstić information content (AvgIpc) is 3.34. The summed E-state index contributed by atoms with van der Waals surface area (Å²) in [6.45, 7) is 11.6. The second kappa shape index (κ2) is 11.4. The molecule has 7 rings (SSSR count). The summed E-state index contributed by atoms with van der Waals surface area (Å²) >= 11 is 0. The Morgan fingerprint density at radius 3 is 1.78 bits per heavy atom. The zero-order valence-electron chi connectivity index (χ0n) is 28.4. The fraction of sp³-hybridized carbons (Fsp3) is 0.561. The standard InChI is InChI=1S/C41H54O4Si/c1-38(2,3)46(30-17-11-7-12-18-30,31-19-13-8-14-20-31)45-29-21-24-39(4)32-22-25-40(5)33(35(32)37(43)36(42)34(39)27-29)23-26-41(40,44)28-15-9-6-10-16-28/h6-20,29,32-37,42-44H,21-27H2,1-5H3/t29-,32-,33-,34+,35+,36+,37+,39+,40?,41+/m0/s1. The normalized spacial score (nSPS) is 39.3. The van der Waals surface area contributed by atoms with Crippen LogP contribution in [0.3, 0.4) is 0 Å². The van der Waals surface area contributed by atoms with Crippen molar-refractivity contribution in [1.29, 1.82) is 0 Å². The largest absolute Gasteiger partial charge is 0.404 e. The quantitative estimate of drug-likeness (QED) is 0.269. The van der Waals surface area contributed by atoms with Crippen molar-refractivity contribution in [2.45, 2.75) is 109 Å². The topological polar surface area (TPSA) is 69.9 Å². The van der Waals surface area contributed by atoms with Crippen molar-refractivity contribution < 1.29 is 19.7 Å². The monoisotopic (exact) mass is 638 g/mol. The Labute approximate surface area is 277 Å². The van der Waals surface area contributed by atoms with Gasteiger partial charge >= 0.3 is 0 Å². The minimum atomic E-state index is -2.74. The molecule has 46 heavy (non-hydrogen) atoms. The molecule has 5 heteroatoms. The van der Waals surface area contributed by atoms with Crippen LogP contribution in [-0.4, -0.2) is 41.9 Å². The van der Waals surface area contributed by atoms with Crippen LogP contribution in [0.15, 0.2) is 91.0 Å². The highest BCUT2D eigenvalue weighted by Crippen LogP contribution is 2.70. The van der Waals surface area contributed by atoms with Crippen LogP contribution < -0.4 is 10.4 Å². The average molecular weight is 639 g/mol. The maximum atomic E-state index is 12.3. The lowest BCUT2D eigenvalue weighted by molar-refractivity contribution is -0.232. The highest BCUT2D eigenvalue weighted by molar-refractivity contribution is 6.99. The van der Waals surface area contributed by atoms with Crippen molar-refractivity contribution in [2.75, 3.05) is 0 Å². The smallest absolute Gasteiger partial charge is 0.261 e. The van der Waals surface area contributed by atoms with Crippen molar-refractivity contribution in [3.05, 3.63) is 96.6 Å². The molecule has 0 radical (unpaired) electrons. The number of fused-ring (bicyclic) bond motifs is 5. The van der Waals surface area contributed by atoms with E-state index in [1.54, 1.807) is 0 Å². The van der Waals surface area contributed by atoms with Gasteiger partial charge in [0.2, 0.25) is 0 Å². The van der Waals surface area contributed by atoms with Gasteiger partial charge in [0.05, 0.1) is 17.8 Å². The summed E-state index contributed by atoms with van der Waals surface area (Å²) in [6.07, 6.45) is 4.62. The van der Waals surface area contributed by atoms with Gasteiger partial charge in [-0.25, -0.2) is 0 Å². The van der Waals surface area contributed by atoms with Crippen LogP contribution in [-0.2, 0) is 10.0 Å². The van der Waals surface area contributed by atoms with Gasteiger partial charge in [-0.2, -0.15) is 0 Å². The molecule has 0 amide bonds. The second-order valence-corrected chi connectivity index (χ2v) is 21.0. The van der Waals surface area contributed by atoms with E-state index >= 15 is 0 Å². The van der Waals surface area contributed by atoms with E-state index in [9.17, 15) is 15.3 Å². The summed E-state index contributed by atoms with van der Waals surface area (Å²) < 4.78 is 7.60. The van der Waals surface area contributed by atoms with Gasteiger partial charge < -0.3 is 19.7 Å². The molecule has 0 saturated heterocycles. The SMILES string of the molecule is CC12CC[C@H]3[C@@H]([C@@H](O)[C@H](O)[C@H]4C[C@@H](O[Si](c5ccccc5)(c5ccccc5)C(C)(C)C)CC[C@@]43C)[C@@H]1CC[C@@]2(O)c1ccccc1. The Morgan fingerprint density at radius 2 is 1.22 bits per heavy atom. The highest BCUT2D eigenvalue weighted by atomic mass is 28.4. The van der Waals surface area contributed by atoms with Crippen LogP contribution in [0.1, 0.15) is 85.1 Å². The van der Waals surface area contributed by atoms with Gasteiger partial charge in [0, 0.05) is 11.5 Å². The molecule has 0 aliphatic heterocycles. The maximum Gasteiger partial charge on any atom is 0.261 e. The van der Waals surface area contributed by atoms with Crippen LogP contribution in [0.5, 0.6) is 0 Å². The van der Waals surface area contributed by atoms with E-state index in [0.717, 1.165) is 44.1 Å². The van der Waals surface area contributed by atoms with E-state index in [1.807, 2.05) is 18.2 Å². The fourth-order valence-electron chi connectivity index (χ4n) is 11.5. The molecule has 4 nitrogen and oxygen atoms in total. The third-order valence-electron chi connectivity index (χ3n) is 13.9. The first-order valence-corrected chi connectivity index (χ1v) is 19.7. The number of aliphatic hydroxyl groups is 3. The fourth-order valence-corrected chi connectivity index (χ4v) is 16.2. The lowest BCUT2D eigenvalue weighted by Gasteiger charge is -2.64. The molecular formula is C41H54O4Si. The molecule has 4 fully saturated rings. The van der Waals surface area contributed by atoms with Gasteiger partial charge in [0.15, 0.2) is 0 Å². The van der Waals surface area contributed by atoms with Crippen molar-refractivity contribution in [2.24, 2.45) is 34.5 Å². The molecular weight excluding hydrogens is 585 g/mol. The minimum Gasteiger partial charge on any atom is -0.404 e. The van der Waals surface area contributed by atoms with Gasteiger partial charge in [0.1, 0.15) is 0 Å². The summed E-state index contributed by atoms with van der Waals surface area (Å²) in [5.74, 6) is 0.451. The third kappa shape index (κ3) is 4.59. The van der Waals surface area contributed by atoms with Crippen molar-refractivity contribution in [1.82, 2.24) is 0 Å². The lowest BCUT2D eigenvalue weighted by atomic mass is 9.43. The van der Waals surface area contributed by atoms with E-state index in [1.165, 1.54) is 10.4 Å². The summed E-state index contributed by atoms with van der Waals surface area (Å²) in [6, 6.07) is 31.9.